The second kappa shape index (κ2) is 6.39. The Bertz CT molecular complexity index is 925. The normalized spacial score (nSPS) is 11.4. The molecule has 8 heteroatoms. The molecule has 0 N–H and O–H groups in total. The SMILES string of the molecule is COC(=O)c1ccc2cc(Oc3ccc(C(F)(F)F)nc3)ccc2n1. The van der Waals surface area contributed by atoms with E-state index >= 15 is 0 Å². The smallest absolute Gasteiger partial charge is 0.433 e. The molecule has 0 bridgehead atoms. The van der Waals surface area contributed by atoms with Gasteiger partial charge in [0.15, 0.2) is 0 Å². The second-order valence-electron chi connectivity index (χ2n) is 5.02. The van der Waals surface area contributed by atoms with Gasteiger partial charge in [-0.2, -0.15) is 13.2 Å². The summed E-state index contributed by atoms with van der Waals surface area (Å²) in [5.41, 5.74) is -0.255. The van der Waals surface area contributed by atoms with Gasteiger partial charge in [-0.3, -0.25) is 0 Å². The number of ether oxygens (including phenoxy) is 2. The number of alkyl halides is 3. The van der Waals surface area contributed by atoms with Gasteiger partial charge in [0.05, 0.1) is 18.8 Å². The summed E-state index contributed by atoms with van der Waals surface area (Å²) in [4.78, 5) is 19.0. The first-order valence-electron chi connectivity index (χ1n) is 7.07. The molecular formula is C17H11F3N2O3. The summed E-state index contributed by atoms with van der Waals surface area (Å²) in [6, 6.07) is 10.1. The molecule has 0 amide bonds. The lowest BCUT2D eigenvalue weighted by molar-refractivity contribution is -0.141. The predicted octanol–water partition coefficient (Wildman–Crippen LogP) is 4.23. The molecule has 25 heavy (non-hydrogen) atoms. The standard InChI is InChI=1S/C17H11F3N2O3/c1-24-16(23)14-5-2-10-8-11(3-6-13(10)22-14)25-12-4-7-15(21-9-12)17(18,19)20/h2-9H,1H3. The van der Waals surface area contributed by atoms with Crippen LogP contribution in [0.4, 0.5) is 13.2 Å². The lowest BCUT2D eigenvalue weighted by atomic mass is 10.2. The van der Waals surface area contributed by atoms with Gasteiger partial charge in [-0.1, -0.05) is 6.07 Å². The van der Waals surface area contributed by atoms with Gasteiger partial charge >= 0.3 is 12.1 Å². The van der Waals surface area contributed by atoms with Crippen LogP contribution in [0.2, 0.25) is 0 Å². The molecule has 0 radical (unpaired) electrons. The number of aromatic nitrogens is 2. The number of methoxy groups -OCH3 is 1. The van der Waals surface area contributed by atoms with Crippen LogP contribution in [0.15, 0.2) is 48.7 Å². The maximum atomic E-state index is 12.5. The molecule has 3 aromatic rings. The fraction of sp³-hybridized carbons (Fsp3) is 0.118. The zero-order valence-corrected chi connectivity index (χ0v) is 12.9. The third-order valence-corrected chi connectivity index (χ3v) is 3.32. The summed E-state index contributed by atoms with van der Waals surface area (Å²) in [6.45, 7) is 0. The number of benzene rings is 1. The summed E-state index contributed by atoms with van der Waals surface area (Å²) >= 11 is 0. The first-order valence-corrected chi connectivity index (χ1v) is 7.07. The van der Waals surface area contributed by atoms with Crippen LogP contribution in [0, 0.1) is 0 Å². The third-order valence-electron chi connectivity index (χ3n) is 3.32. The molecule has 128 valence electrons. The Morgan fingerprint density at radius 3 is 2.44 bits per heavy atom. The maximum Gasteiger partial charge on any atom is 0.433 e. The van der Waals surface area contributed by atoms with E-state index in [1.54, 1.807) is 24.3 Å². The van der Waals surface area contributed by atoms with E-state index in [2.05, 4.69) is 14.7 Å². The number of pyridine rings is 2. The lowest BCUT2D eigenvalue weighted by Gasteiger charge is -2.09. The molecular weight excluding hydrogens is 337 g/mol. The van der Waals surface area contributed by atoms with Gasteiger partial charge < -0.3 is 9.47 Å². The Kier molecular flexibility index (Phi) is 4.26. The number of esters is 1. The average Bonchev–Trinajstić information content (AvgIpc) is 2.60. The van der Waals surface area contributed by atoms with Gasteiger partial charge in [-0.15, -0.1) is 0 Å². The van der Waals surface area contributed by atoms with Gasteiger partial charge in [0.2, 0.25) is 0 Å². The quantitative estimate of drug-likeness (QED) is 0.663. The van der Waals surface area contributed by atoms with Crippen molar-refractivity contribution >= 4 is 16.9 Å². The summed E-state index contributed by atoms with van der Waals surface area (Å²) in [6.07, 6.45) is -3.49. The highest BCUT2D eigenvalue weighted by Gasteiger charge is 2.32. The van der Waals surface area contributed by atoms with E-state index in [1.165, 1.54) is 19.2 Å². The predicted molar refractivity (Wildman–Crippen MR) is 82.4 cm³/mol. The van der Waals surface area contributed by atoms with Crippen LogP contribution in [0.1, 0.15) is 16.2 Å². The Balaban J connectivity index is 1.83. The van der Waals surface area contributed by atoms with Crippen LogP contribution < -0.4 is 4.74 Å². The van der Waals surface area contributed by atoms with E-state index in [4.69, 9.17) is 4.74 Å². The number of nitrogens with zero attached hydrogens (tertiary/aromatic N) is 2. The molecule has 0 unspecified atom stereocenters. The van der Waals surface area contributed by atoms with Crippen molar-refractivity contribution in [1.29, 1.82) is 0 Å². The first kappa shape index (κ1) is 16.7. The fourth-order valence-corrected chi connectivity index (χ4v) is 2.13. The topological polar surface area (TPSA) is 61.3 Å². The number of rotatable bonds is 3. The van der Waals surface area contributed by atoms with E-state index in [-0.39, 0.29) is 11.4 Å². The highest BCUT2D eigenvalue weighted by Crippen LogP contribution is 2.30. The highest BCUT2D eigenvalue weighted by molar-refractivity contribution is 5.91. The minimum atomic E-state index is -4.50. The van der Waals surface area contributed by atoms with Gasteiger partial charge in [-0.25, -0.2) is 14.8 Å². The van der Waals surface area contributed by atoms with E-state index in [9.17, 15) is 18.0 Å². The average molecular weight is 348 g/mol. The molecule has 1 aromatic carbocycles. The van der Waals surface area contributed by atoms with Gasteiger partial charge in [0.1, 0.15) is 22.9 Å². The number of halogens is 3. The van der Waals surface area contributed by atoms with Crippen LogP contribution in [0.25, 0.3) is 10.9 Å². The molecule has 0 aliphatic rings. The molecule has 0 aliphatic carbocycles. The van der Waals surface area contributed by atoms with E-state index in [0.29, 0.717) is 16.7 Å². The van der Waals surface area contributed by atoms with E-state index < -0.39 is 17.8 Å². The molecule has 0 fully saturated rings. The number of hydrogen-bond acceptors (Lipinski definition) is 5. The van der Waals surface area contributed by atoms with Gasteiger partial charge in [0, 0.05) is 5.39 Å². The Hall–Kier alpha value is -3.16. The van der Waals surface area contributed by atoms with Crippen LogP contribution in [0.5, 0.6) is 11.5 Å². The van der Waals surface area contributed by atoms with E-state index in [0.717, 1.165) is 12.3 Å². The van der Waals surface area contributed by atoms with Crippen molar-refractivity contribution in [3.63, 3.8) is 0 Å². The van der Waals surface area contributed by atoms with Crippen molar-refractivity contribution in [3.05, 3.63) is 60.0 Å². The monoisotopic (exact) mass is 348 g/mol. The fourth-order valence-electron chi connectivity index (χ4n) is 2.13. The summed E-state index contributed by atoms with van der Waals surface area (Å²) < 4.78 is 47.6. The Labute approximate surface area is 140 Å². The number of hydrogen-bond donors (Lipinski definition) is 0. The zero-order valence-electron chi connectivity index (χ0n) is 12.9. The molecule has 5 nitrogen and oxygen atoms in total. The van der Waals surface area contributed by atoms with Crippen molar-refractivity contribution in [2.75, 3.05) is 7.11 Å². The van der Waals surface area contributed by atoms with Crippen molar-refractivity contribution in [2.24, 2.45) is 0 Å². The third kappa shape index (κ3) is 3.68. The molecule has 2 heterocycles. The van der Waals surface area contributed by atoms with E-state index in [1.807, 2.05) is 0 Å². The first-order chi connectivity index (χ1) is 11.9. The number of carbonyl (C=O) groups excluding carboxylic acids is 1. The number of carbonyl (C=O) groups is 1. The molecule has 0 aliphatic heterocycles. The van der Waals surface area contributed by atoms with Crippen LogP contribution in [-0.2, 0) is 10.9 Å². The van der Waals surface area contributed by atoms with Crippen LogP contribution >= 0.6 is 0 Å². The molecule has 0 saturated heterocycles. The Morgan fingerprint density at radius 2 is 1.80 bits per heavy atom. The minimum absolute atomic E-state index is 0.173. The Morgan fingerprint density at radius 1 is 1.04 bits per heavy atom. The van der Waals surface area contributed by atoms with Crippen LogP contribution in [0.3, 0.4) is 0 Å². The van der Waals surface area contributed by atoms with Gasteiger partial charge in [0.25, 0.3) is 0 Å². The maximum absolute atomic E-state index is 12.5. The summed E-state index contributed by atoms with van der Waals surface area (Å²) in [5, 5.41) is 0.699. The number of fused-ring (bicyclic) bond motifs is 1. The van der Waals surface area contributed by atoms with Crippen LogP contribution in [-0.4, -0.2) is 23.0 Å². The molecule has 2 aromatic heterocycles. The van der Waals surface area contributed by atoms with Crippen molar-refractivity contribution < 1.29 is 27.4 Å². The second-order valence-corrected chi connectivity index (χ2v) is 5.02. The molecule has 0 atom stereocenters. The highest BCUT2D eigenvalue weighted by atomic mass is 19.4. The van der Waals surface area contributed by atoms with Crippen molar-refractivity contribution in [1.82, 2.24) is 9.97 Å². The van der Waals surface area contributed by atoms with Gasteiger partial charge in [-0.05, 0) is 36.4 Å². The lowest BCUT2D eigenvalue weighted by Crippen LogP contribution is -2.07. The molecule has 0 saturated carbocycles. The zero-order chi connectivity index (χ0) is 18.0. The minimum Gasteiger partial charge on any atom is -0.464 e. The molecule has 3 rings (SSSR count). The summed E-state index contributed by atoms with van der Waals surface area (Å²) in [7, 11) is 1.27. The van der Waals surface area contributed by atoms with Crippen molar-refractivity contribution in [3.8, 4) is 11.5 Å². The van der Waals surface area contributed by atoms with Crippen molar-refractivity contribution in [2.45, 2.75) is 6.18 Å². The summed E-state index contributed by atoms with van der Waals surface area (Å²) in [5.74, 6) is 0.0335. The molecule has 0 spiro atoms. The largest absolute Gasteiger partial charge is 0.464 e.